The van der Waals surface area contributed by atoms with Gasteiger partial charge in [0.1, 0.15) is 0 Å². The Morgan fingerprint density at radius 2 is 2.17 bits per heavy atom. The first kappa shape index (κ1) is 10.4. The molecule has 0 aromatic carbocycles. The topological polar surface area (TPSA) is 49.8 Å². The van der Waals surface area contributed by atoms with Gasteiger partial charge in [-0.15, -0.1) is 0 Å². The average molecular weight is 233 g/mol. The van der Waals surface area contributed by atoms with E-state index in [-0.39, 0.29) is 12.5 Å². The molecule has 0 saturated carbocycles. The van der Waals surface area contributed by atoms with Crippen LogP contribution in [0.2, 0.25) is 0 Å². The number of halogens is 3. The lowest BCUT2D eigenvalue weighted by molar-refractivity contribution is -0.142. The Bertz CT molecular complexity index is 185. The van der Waals surface area contributed by atoms with E-state index in [9.17, 15) is 4.79 Å². The van der Waals surface area contributed by atoms with Crippen LogP contribution in [0.3, 0.4) is 0 Å². The van der Waals surface area contributed by atoms with Crippen molar-refractivity contribution in [3.8, 4) is 0 Å². The summed E-state index contributed by atoms with van der Waals surface area (Å²) in [6, 6.07) is 0. The number of aliphatic carboxylic acids is 1. The van der Waals surface area contributed by atoms with Crippen molar-refractivity contribution >= 4 is 40.8 Å². The van der Waals surface area contributed by atoms with Crippen molar-refractivity contribution in [2.24, 2.45) is 5.92 Å². The van der Waals surface area contributed by atoms with E-state index in [1.54, 1.807) is 0 Å². The Kier molecular flexibility index (Phi) is 3.10. The summed E-state index contributed by atoms with van der Waals surface area (Å²) in [4.78, 5) is 10.6. The van der Waals surface area contributed by atoms with Gasteiger partial charge in [-0.05, 0) is 0 Å². The molecule has 0 amide bonds. The van der Waals surface area contributed by atoms with Gasteiger partial charge in [-0.25, -0.2) is 0 Å². The minimum atomic E-state index is -1.52. The van der Waals surface area contributed by atoms with Crippen LogP contribution < -0.4 is 0 Å². The van der Waals surface area contributed by atoms with Gasteiger partial charge in [-0.3, -0.25) is 4.79 Å². The fourth-order valence-electron chi connectivity index (χ4n) is 0.915. The van der Waals surface area contributed by atoms with E-state index in [0.29, 0.717) is 6.61 Å². The van der Waals surface area contributed by atoms with Crippen LogP contribution in [0, 0.1) is 5.92 Å². The Morgan fingerprint density at radius 1 is 1.67 bits per heavy atom. The molecular weight excluding hydrogens is 226 g/mol. The van der Waals surface area contributed by atoms with Crippen molar-refractivity contribution in [2.45, 2.75) is 16.3 Å². The molecule has 70 valence electrons. The molecule has 1 aliphatic heterocycles. The molecule has 1 saturated heterocycles. The third-order valence-corrected chi connectivity index (χ3v) is 2.04. The van der Waals surface area contributed by atoms with Crippen LogP contribution in [0.1, 0.15) is 6.42 Å². The molecule has 12 heavy (non-hydrogen) atoms. The first-order chi connectivity index (χ1) is 5.40. The number of epoxide rings is 1. The molecule has 1 heterocycles. The molecule has 1 aliphatic rings. The van der Waals surface area contributed by atoms with Gasteiger partial charge in [0.25, 0.3) is 0 Å². The highest BCUT2D eigenvalue weighted by Crippen LogP contribution is 2.37. The molecule has 0 spiro atoms. The Labute approximate surface area is 84.5 Å². The molecular formula is C6H7Cl3O3. The molecule has 0 aromatic heterocycles. The molecule has 3 nitrogen and oxygen atoms in total. The molecule has 6 heteroatoms. The van der Waals surface area contributed by atoms with Gasteiger partial charge in [0.2, 0.25) is 0 Å². The molecule has 1 N–H and O–H groups in total. The largest absolute Gasteiger partial charge is 0.481 e. The van der Waals surface area contributed by atoms with Crippen molar-refractivity contribution in [1.29, 1.82) is 0 Å². The van der Waals surface area contributed by atoms with Crippen LogP contribution in [0.5, 0.6) is 0 Å². The summed E-state index contributed by atoms with van der Waals surface area (Å²) in [5.74, 6) is -1.69. The van der Waals surface area contributed by atoms with Crippen molar-refractivity contribution < 1.29 is 14.6 Å². The lowest BCUT2D eigenvalue weighted by Gasteiger charge is -2.15. The SMILES string of the molecule is O=C(O)[C@@H](CC(Cl)(Cl)Cl)[C@@H]1CO1. The molecule has 1 rings (SSSR count). The van der Waals surface area contributed by atoms with Gasteiger partial charge >= 0.3 is 5.97 Å². The van der Waals surface area contributed by atoms with Crippen LogP contribution in [-0.2, 0) is 9.53 Å². The quantitative estimate of drug-likeness (QED) is 0.598. The van der Waals surface area contributed by atoms with Crippen LogP contribution >= 0.6 is 34.8 Å². The fourth-order valence-corrected chi connectivity index (χ4v) is 1.41. The van der Waals surface area contributed by atoms with Gasteiger partial charge in [-0.1, -0.05) is 34.8 Å². The molecule has 0 bridgehead atoms. The number of carboxylic acids is 1. The monoisotopic (exact) mass is 232 g/mol. The van der Waals surface area contributed by atoms with Gasteiger partial charge in [0, 0.05) is 6.42 Å². The predicted octanol–water partition coefficient (Wildman–Crippen LogP) is 1.85. The lowest BCUT2D eigenvalue weighted by atomic mass is 10.0. The van der Waals surface area contributed by atoms with E-state index < -0.39 is 15.7 Å². The second-order valence-corrected chi connectivity index (χ2v) is 5.15. The normalized spacial score (nSPS) is 25.1. The summed E-state index contributed by atoms with van der Waals surface area (Å²) >= 11 is 16.4. The second-order valence-electron chi connectivity index (χ2n) is 2.64. The highest BCUT2D eigenvalue weighted by molar-refractivity contribution is 6.67. The minimum absolute atomic E-state index is 0.0162. The molecule has 0 aromatic rings. The van der Waals surface area contributed by atoms with Crippen molar-refractivity contribution in [3.05, 3.63) is 0 Å². The highest BCUT2D eigenvalue weighted by atomic mass is 35.6. The molecule has 1 fully saturated rings. The van der Waals surface area contributed by atoms with Gasteiger partial charge in [0.15, 0.2) is 3.79 Å². The van der Waals surface area contributed by atoms with Crippen LogP contribution in [-0.4, -0.2) is 27.6 Å². The third kappa shape index (κ3) is 3.35. The standard InChI is InChI=1S/C6H7Cl3O3/c7-6(8,9)1-3(5(10)11)4-2-12-4/h3-4H,1-2H2,(H,10,11)/t3-,4-/m0/s1. The van der Waals surface area contributed by atoms with E-state index in [1.807, 2.05) is 0 Å². The number of hydrogen-bond acceptors (Lipinski definition) is 2. The number of rotatable bonds is 3. The maximum atomic E-state index is 10.6. The summed E-state index contributed by atoms with van der Waals surface area (Å²) in [6.07, 6.45) is -0.296. The summed E-state index contributed by atoms with van der Waals surface area (Å²) in [6.45, 7) is 0.442. The van der Waals surface area contributed by atoms with Gasteiger partial charge in [0.05, 0.1) is 18.6 Å². The summed E-state index contributed by atoms with van der Waals surface area (Å²) in [5, 5.41) is 8.69. The van der Waals surface area contributed by atoms with E-state index in [1.165, 1.54) is 0 Å². The number of carbonyl (C=O) groups is 1. The van der Waals surface area contributed by atoms with E-state index in [0.717, 1.165) is 0 Å². The zero-order chi connectivity index (χ0) is 9.35. The molecule has 0 radical (unpaired) electrons. The number of ether oxygens (including phenoxy) is 1. The maximum Gasteiger partial charge on any atom is 0.309 e. The maximum absolute atomic E-state index is 10.6. The zero-order valence-corrected chi connectivity index (χ0v) is 8.23. The van der Waals surface area contributed by atoms with Gasteiger partial charge in [-0.2, -0.15) is 0 Å². The van der Waals surface area contributed by atoms with Crippen molar-refractivity contribution in [2.75, 3.05) is 6.61 Å². The van der Waals surface area contributed by atoms with E-state index in [2.05, 4.69) is 0 Å². The summed E-state index contributed by atoms with van der Waals surface area (Å²) in [5.41, 5.74) is 0. The first-order valence-corrected chi connectivity index (χ1v) is 4.45. The van der Waals surface area contributed by atoms with Gasteiger partial charge < -0.3 is 9.84 Å². The second kappa shape index (κ2) is 3.58. The summed E-state index contributed by atoms with van der Waals surface area (Å²) < 4.78 is 3.30. The Hall–Kier alpha value is 0.300. The van der Waals surface area contributed by atoms with Crippen molar-refractivity contribution in [3.63, 3.8) is 0 Å². The summed E-state index contributed by atoms with van der Waals surface area (Å²) in [7, 11) is 0. The van der Waals surface area contributed by atoms with Crippen molar-refractivity contribution in [1.82, 2.24) is 0 Å². The Balaban J connectivity index is 2.49. The van der Waals surface area contributed by atoms with Crippen LogP contribution in [0.25, 0.3) is 0 Å². The molecule has 2 atom stereocenters. The lowest BCUT2D eigenvalue weighted by Crippen LogP contribution is -2.25. The third-order valence-electron chi connectivity index (χ3n) is 1.58. The highest BCUT2D eigenvalue weighted by Gasteiger charge is 2.42. The first-order valence-electron chi connectivity index (χ1n) is 3.31. The number of alkyl halides is 3. The number of hydrogen-bond donors (Lipinski definition) is 1. The smallest absolute Gasteiger partial charge is 0.309 e. The zero-order valence-electron chi connectivity index (χ0n) is 5.97. The number of carboxylic acid groups (broad SMARTS) is 1. The minimum Gasteiger partial charge on any atom is -0.481 e. The average Bonchev–Trinajstić information content (AvgIpc) is 2.61. The van der Waals surface area contributed by atoms with E-state index in [4.69, 9.17) is 44.6 Å². The van der Waals surface area contributed by atoms with Crippen LogP contribution in [0.15, 0.2) is 0 Å². The van der Waals surface area contributed by atoms with E-state index >= 15 is 0 Å². The molecule has 0 unspecified atom stereocenters. The Morgan fingerprint density at radius 3 is 2.42 bits per heavy atom. The molecule has 0 aliphatic carbocycles. The fraction of sp³-hybridized carbons (Fsp3) is 0.833. The predicted molar refractivity (Wildman–Crippen MR) is 45.8 cm³/mol. The van der Waals surface area contributed by atoms with Crippen LogP contribution in [0.4, 0.5) is 0 Å².